The van der Waals surface area contributed by atoms with E-state index in [1.807, 2.05) is 0 Å². The minimum Gasteiger partial charge on any atom is -0.462 e. The predicted octanol–water partition coefficient (Wildman–Crippen LogP) is 3.46. The molecule has 0 amide bonds. The SMILES string of the molecule is O=C1CC(=O)OC(CCSc2ccc(C(F)(F)F)cc2)C1. The third-order valence-corrected chi connectivity index (χ3v) is 4.03. The Bertz CT molecular complexity index is 509. The second kappa shape index (κ2) is 6.51. The van der Waals surface area contributed by atoms with E-state index in [2.05, 4.69) is 0 Å². The molecule has 1 heterocycles. The van der Waals surface area contributed by atoms with Crippen molar-refractivity contribution < 1.29 is 27.5 Å². The predicted molar refractivity (Wildman–Crippen MR) is 70.9 cm³/mol. The molecule has 114 valence electrons. The van der Waals surface area contributed by atoms with Gasteiger partial charge in [0.25, 0.3) is 0 Å². The summed E-state index contributed by atoms with van der Waals surface area (Å²) in [5.41, 5.74) is -0.682. The lowest BCUT2D eigenvalue weighted by molar-refractivity contribution is -0.157. The fourth-order valence-corrected chi connectivity index (χ4v) is 2.91. The molecule has 0 N–H and O–H groups in total. The highest BCUT2D eigenvalue weighted by Crippen LogP contribution is 2.31. The van der Waals surface area contributed by atoms with Crippen molar-refractivity contribution in [2.45, 2.75) is 36.4 Å². The van der Waals surface area contributed by atoms with Crippen molar-refractivity contribution in [2.24, 2.45) is 0 Å². The molecule has 1 atom stereocenters. The summed E-state index contributed by atoms with van der Waals surface area (Å²) in [5.74, 6) is -0.0668. The summed E-state index contributed by atoms with van der Waals surface area (Å²) in [5, 5.41) is 0. The van der Waals surface area contributed by atoms with Gasteiger partial charge in [-0.25, -0.2) is 0 Å². The fourth-order valence-electron chi connectivity index (χ4n) is 1.97. The number of hydrogen-bond donors (Lipinski definition) is 0. The van der Waals surface area contributed by atoms with Crippen molar-refractivity contribution in [3.8, 4) is 0 Å². The first-order chi connectivity index (χ1) is 9.84. The highest BCUT2D eigenvalue weighted by Gasteiger charge is 2.30. The summed E-state index contributed by atoms with van der Waals surface area (Å²) in [7, 11) is 0. The molecule has 0 radical (unpaired) electrons. The molecule has 21 heavy (non-hydrogen) atoms. The van der Waals surface area contributed by atoms with Crippen molar-refractivity contribution in [2.75, 3.05) is 5.75 Å². The van der Waals surface area contributed by atoms with E-state index in [4.69, 9.17) is 4.74 Å². The van der Waals surface area contributed by atoms with Crippen molar-refractivity contribution in [3.05, 3.63) is 29.8 Å². The summed E-state index contributed by atoms with van der Waals surface area (Å²) < 4.78 is 42.2. The first kappa shape index (κ1) is 15.9. The van der Waals surface area contributed by atoms with Gasteiger partial charge in [-0.1, -0.05) is 0 Å². The van der Waals surface area contributed by atoms with Crippen LogP contribution in [0.2, 0.25) is 0 Å². The Labute approximate surface area is 123 Å². The van der Waals surface area contributed by atoms with E-state index in [9.17, 15) is 22.8 Å². The normalized spacial score (nSPS) is 19.5. The molecule has 1 unspecified atom stereocenters. The molecule has 1 aliphatic heterocycles. The largest absolute Gasteiger partial charge is 0.462 e. The van der Waals surface area contributed by atoms with Crippen LogP contribution in [0, 0.1) is 0 Å². The molecule has 0 spiro atoms. The van der Waals surface area contributed by atoms with Gasteiger partial charge >= 0.3 is 12.1 Å². The molecule has 1 fully saturated rings. The topological polar surface area (TPSA) is 43.4 Å². The van der Waals surface area contributed by atoms with Crippen LogP contribution in [0.3, 0.4) is 0 Å². The summed E-state index contributed by atoms with van der Waals surface area (Å²) in [6.45, 7) is 0. The van der Waals surface area contributed by atoms with E-state index in [-0.39, 0.29) is 18.6 Å². The van der Waals surface area contributed by atoms with Crippen LogP contribution in [0.4, 0.5) is 13.2 Å². The van der Waals surface area contributed by atoms with Crippen molar-refractivity contribution in [3.63, 3.8) is 0 Å². The Balaban J connectivity index is 1.81. The van der Waals surface area contributed by atoms with E-state index >= 15 is 0 Å². The maximum Gasteiger partial charge on any atom is 0.416 e. The molecule has 2 rings (SSSR count). The van der Waals surface area contributed by atoms with Gasteiger partial charge in [-0.15, -0.1) is 11.8 Å². The van der Waals surface area contributed by atoms with Crippen molar-refractivity contribution >= 4 is 23.5 Å². The molecule has 1 aromatic rings. The number of hydrogen-bond acceptors (Lipinski definition) is 4. The highest BCUT2D eigenvalue weighted by atomic mass is 32.2. The molecule has 3 nitrogen and oxygen atoms in total. The second-order valence-electron chi connectivity index (χ2n) is 4.69. The van der Waals surface area contributed by atoms with Crippen LogP contribution in [-0.2, 0) is 20.5 Å². The van der Waals surface area contributed by atoms with Crippen LogP contribution in [0.25, 0.3) is 0 Å². The standard InChI is InChI=1S/C14H13F3O3S/c15-14(16,17)9-1-3-12(4-2-9)21-6-5-11-7-10(18)8-13(19)20-11/h1-4,11H,5-8H2. The van der Waals surface area contributed by atoms with E-state index < -0.39 is 23.8 Å². The molecule has 0 bridgehead atoms. The number of esters is 1. The van der Waals surface area contributed by atoms with Crippen LogP contribution in [0.15, 0.2) is 29.2 Å². The lowest BCUT2D eigenvalue weighted by Gasteiger charge is -2.21. The number of rotatable bonds is 4. The fraction of sp³-hybridized carbons (Fsp3) is 0.429. The minimum atomic E-state index is -4.33. The van der Waals surface area contributed by atoms with Crippen LogP contribution >= 0.6 is 11.8 Å². The molecule has 1 saturated heterocycles. The lowest BCUT2D eigenvalue weighted by Crippen LogP contribution is -2.29. The Morgan fingerprint density at radius 3 is 2.43 bits per heavy atom. The first-order valence-electron chi connectivity index (χ1n) is 6.36. The van der Waals surface area contributed by atoms with Gasteiger partial charge in [-0.3, -0.25) is 9.59 Å². The zero-order valence-corrected chi connectivity index (χ0v) is 11.8. The molecule has 0 aliphatic carbocycles. The zero-order chi connectivity index (χ0) is 15.5. The number of cyclic esters (lactones) is 1. The van der Waals surface area contributed by atoms with E-state index in [0.717, 1.165) is 12.1 Å². The first-order valence-corrected chi connectivity index (χ1v) is 7.34. The van der Waals surface area contributed by atoms with Crippen molar-refractivity contribution in [1.29, 1.82) is 0 Å². The number of halogens is 3. The van der Waals surface area contributed by atoms with Gasteiger partial charge in [0.1, 0.15) is 18.3 Å². The number of thioether (sulfide) groups is 1. The molecule has 7 heteroatoms. The number of carbonyl (C=O) groups is 2. The molecular weight excluding hydrogens is 305 g/mol. The van der Waals surface area contributed by atoms with Gasteiger partial charge in [0.15, 0.2) is 0 Å². The summed E-state index contributed by atoms with van der Waals surface area (Å²) >= 11 is 1.37. The minimum absolute atomic E-state index is 0.129. The average Bonchev–Trinajstić information content (AvgIpc) is 2.37. The van der Waals surface area contributed by atoms with Crippen molar-refractivity contribution in [1.82, 2.24) is 0 Å². The quantitative estimate of drug-likeness (QED) is 0.484. The molecule has 0 saturated carbocycles. The van der Waals surface area contributed by atoms with E-state index in [1.54, 1.807) is 0 Å². The average molecular weight is 318 g/mol. The molecule has 0 aromatic heterocycles. The van der Waals surface area contributed by atoms with Crippen LogP contribution < -0.4 is 0 Å². The number of Topliss-reactive ketones (excluding diaryl/α,β-unsaturated/α-hetero) is 1. The number of ketones is 1. The van der Waals surface area contributed by atoms with Gasteiger partial charge < -0.3 is 4.74 Å². The Morgan fingerprint density at radius 2 is 1.86 bits per heavy atom. The molecule has 1 aliphatic rings. The number of alkyl halides is 3. The third-order valence-electron chi connectivity index (χ3n) is 2.99. The van der Waals surface area contributed by atoms with Crippen LogP contribution in [-0.4, -0.2) is 23.6 Å². The molecular formula is C14H13F3O3S. The highest BCUT2D eigenvalue weighted by molar-refractivity contribution is 7.99. The lowest BCUT2D eigenvalue weighted by atomic mass is 10.1. The summed E-state index contributed by atoms with van der Waals surface area (Å²) in [6, 6.07) is 4.88. The third kappa shape index (κ3) is 4.77. The Morgan fingerprint density at radius 1 is 1.19 bits per heavy atom. The monoisotopic (exact) mass is 318 g/mol. The van der Waals surface area contributed by atoms with Gasteiger partial charge in [-0.2, -0.15) is 13.2 Å². The van der Waals surface area contributed by atoms with Gasteiger partial charge in [-0.05, 0) is 30.7 Å². The Kier molecular flexibility index (Phi) is 4.92. The zero-order valence-electron chi connectivity index (χ0n) is 11.0. The maximum absolute atomic E-state index is 12.4. The smallest absolute Gasteiger partial charge is 0.416 e. The van der Waals surface area contributed by atoms with E-state index in [0.29, 0.717) is 17.1 Å². The maximum atomic E-state index is 12.4. The summed E-state index contributed by atoms with van der Waals surface area (Å²) in [6.07, 6.45) is -4.19. The molecule has 1 aromatic carbocycles. The van der Waals surface area contributed by atoms with Gasteiger partial charge in [0, 0.05) is 17.1 Å². The Hall–Kier alpha value is -1.50. The summed E-state index contributed by atoms with van der Waals surface area (Å²) in [4.78, 5) is 23.0. The second-order valence-corrected chi connectivity index (χ2v) is 5.86. The van der Waals surface area contributed by atoms with Crippen LogP contribution in [0.5, 0.6) is 0 Å². The number of ether oxygens (including phenoxy) is 1. The number of carbonyl (C=O) groups excluding carboxylic acids is 2. The van der Waals surface area contributed by atoms with E-state index in [1.165, 1.54) is 23.9 Å². The number of benzene rings is 1. The van der Waals surface area contributed by atoms with Gasteiger partial charge in [0.05, 0.1) is 5.56 Å². The van der Waals surface area contributed by atoms with Crippen LogP contribution in [0.1, 0.15) is 24.8 Å². The van der Waals surface area contributed by atoms with Gasteiger partial charge in [0.2, 0.25) is 0 Å².